The van der Waals surface area contributed by atoms with Gasteiger partial charge in [-0.15, -0.1) is 0 Å². The van der Waals surface area contributed by atoms with Gasteiger partial charge in [0.05, 0.1) is 11.1 Å². The minimum absolute atomic E-state index is 0.0619. The topological polar surface area (TPSA) is 62.5 Å². The summed E-state index contributed by atoms with van der Waals surface area (Å²) in [4.78, 5) is 11.1. The summed E-state index contributed by atoms with van der Waals surface area (Å²) in [6.45, 7) is 0. The van der Waals surface area contributed by atoms with Gasteiger partial charge in [0, 0.05) is 21.0 Å². The van der Waals surface area contributed by atoms with E-state index >= 15 is 0 Å². The van der Waals surface area contributed by atoms with Crippen LogP contribution in [0.25, 0.3) is 22.0 Å². The molecule has 1 heterocycles. The number of aromatic nitrogens is 1. The smallest absolute Gasteiger partial charge is 0.417 e. The maximum atomic E-state index is 13.4. The van der Waals surface area contributed by atoms with E-state index in [9.17, 15) is 23.2 Å². The molecule has 0 saturated carbocycles. The lowest BCUT2D eigenvalue weighted by Gasteiger charge is -2.12. The number of alkyl halides is 3. The van der Waals surface area contributed by atoms with E-state index in [-0.39, 0.29) is 26.4 Å². The molecule has 0 aliphatic rings. The van der Waals surface area contributed by atoms with Gasteiger partial charge in [0.1, 0.15) is 0 Å². The lowest BCUT2D eigenvalue weighted by atomic mass is 9.99. The maximum Gasteiger partial charge on any atom is 0.417 e. The van der Waals surface area contributed by atoms with Crippen molar-refractivity contribution in [1.29, 1.82) is 0 Å². The van der Waals surface area contributed by atoms with Gasteiger partial charge in [-0.2, -0.15) is 17.9 Å². The summed E-state index contributed by atoms with van der Waals surface area (Å²) in [6.07, 6.45) is -4.76. The van der Waals surface area contributed by atoms with Crippen molar-refractivity contribution >= 4 is 40.1 Å². The normalized spacial score (nSPS) is 11.9. The fourth-order valence-electron chi connectivity index (χ4n) is 2.56. The van der Waals surface area contributed by atoms with Crippen LogP contribution in [-0.2, 0) is 6.18 Å². The highest BCUT2D eigenvalue weighted by atomic mass is 35.5. The third kappa shape index (κ3) is 3.01. The Kier molecular flexibility index (Phi) is 4.09. The van der Waals surface area contributed by atoms with Gasteiger partial charge in [-0.3, -0.25) is 0 Å². The lowest BCUT2D eigenvalue weighted by Crippen LogP contribution is -2.06. The Morgan fingerprint density at radius 3 is 2.32 bits per heavy atom. The molecule has 0 fully saturated rings. The van der Waals surface area contributed by atoms with Gasteiger partial charge in [0.2, 0.25) is 0 Å². The summed E-state index contributed by atoms with van der Waals surface area (Å²) < 4.78 is 40.5. The van der Waals surface area contributed by atoms with Crippen LogP contribution < -0.4 is 0 Å². The Hall–Kier alpha value is -2.38. The highest BCUT2D eigenvalue weighted by Gasteiger charge is 2.35. The van der Waals surface area contributed by atoms with E-state index in [2.05, 4.69) is 0 Å². The number of nitrogens with zero attached hydrogens (tertiary/aromatic N) is 1. The number of hydrogen-bond acceptors (Lipinski definition) is 2. The molecule has 0 unspecified atom stereocenters. The molecule has 2 N–H and O–H groups in total. The first-order valence-electron chi connectivity index (χ1n) is 6.74. The first-order chi connectivity index (χ1) is 11.6. The molecular weight excluding hydrogens is 382 g/mol. The second-order valence-corrected chi connectivity index (χ2v) is 6.07. The van der Waals surface area contributed by atoms with Crippen LogP contribution in [0.2, 0.25) is 10.0 Å². The summed E-state index contributed by atoms with van der Waals surface area (Å²) in [6, 6.07) is 7.12. The number of fused-ring (bicyclic) bond motifs is 1. The average Bonchev–Trinajstić information content (AvgIpc) is 2.83. The summed E-state index contributed by atoms with van der Waals surface area (Å²) in [5.74, 6) is -1.56. The number of aromatic carboxylic acids is 1. The van der Waals surface area contributed by atoms with E-state index in [1.807, 2.05) is 0 Å². The Labute approximate surface area is 148 Å². The average molecular weight is 390 g/mol. The predicted octanol–water partition coefficient (Wildman–Crippen LogP) is 5.57. The number of benzene rings is 2. The Bertz CT molecular complexity index is 1010. The molecule has 25 heavy (non-hydrogen) atoms. The van der Waals surface area contributed by atoms with Crippen molar-refractivity contribution in [2.24, 2.45) is 0 Å². The van der Waals surface area contributed by atoms with Crippen LogP contribution in [0.15, 0.2) is 36.4 Å². The molecule has 0 amide bonds. The largest absolute Gasteiger partial charge is 0.476 e. The SMILES string of the molecule is O=C(O)c1cc2c(C(F)(F)F)cc(-c3ccc(Cl)cc3Cl)cc2n1O. The van der Waals surface area contributed by atoms with Crippen LogP contribution in [0.4, 0.5) is 13.2 Å². The molecule has 0 saturated heterocycles. The second kappa shape index (κ2) is 5.86. The minimum atomic E-state index is -4.76. The van der Waals surface area contributed by atoms with E-state index < -0.39 is 28.8 Å². The van der Waals surface area contributed by atoms with Gasteiger partial charge >= 0.3 is 12.1 Å². The molecule has 0 bridgehead atoms. The monoisotopic (exact) mass is 389 g/mol. The first-order valence-corrected chi connectivity index (χ1v) is 7.50. The fourth-order valence-corrected chi connectivity index (χ4v) is 3.08. The van der Waals surface area contributed by atoms with Crippen LogP contribution >= 0.6 is 23.2 Å². The van der Waals surface area contributed by atoms with Gasteiger partial charge in [-0.1, -0.05) is 29.3 Å². The van der Waals surface area contributed by atoms with Crippen molar-refractivity contribution in [2.75, 3.05) is 0 Å². The van der Waals surface area contributed by atoms with Crippen molar-refractivity contribution in [3.63, 3.8) is 0 Å². The molecule has 0 spiro atoms. The summed E-state index contributed by atoms with van der Waals surface area (Å²) in [7, 11) is 0. The van der Waals surface area contributed by atoms with Crippen molar-refractivity contribution in [3.8, 4) is 11.1 Å². The zero-order chi connectivity index (χ0) is 18.5. The molecule has 0 atom stereocenters. The number of hydrogen-bond donors (Lipinski definition) is 2. The van der Waals surface area contributed by atoms with E-state index in [4.69, 9.17) is 28.3 Å². The van der Waals surface area contributed by atoms with E-state index in [1.54, 1.807) is 0 Å². The summed E-state index contributed by atoms with van der Waals surface area (Å²) in [5, 5.41) is 19.0. The third-order valence-corrected chi connectivity index (χ3v) is 4.21. The van der Waals surface area contributed by atoms with E-state index in [1.165, 1.54) is 24.3 Å². The van der Waals surface area contributed by atoms with Crippen LogP contribution in [0, 0.1) is 0 Å². The predicted molar refractivity (Wildman–Crippen MR) is 86.5 cm³/mol. The zero-order valence-corrected chi connectivity index (χ0v) is 13.6. The molecule has 9 heteroatoms. The van der Waals surface area contributed by atoms with Crippen molar-refractivity contribution in [2.45, 2.75) is 6.18 Å². The summed E-state index contributed by atoms with van der Waals surface area (Å²) in [5.41, 5.74) is -1.74. The molecule has 3 rings (SSSR count). The van der Waals surface area contributed by atoms with Gasteiger partial charge in [-0.25, -0.2) is 4.79 Å². The number of carboxylic acid groups (broad SMARTS) is 1. The van der Waals surface area contributed by atoms with Crippen LogP contribution in [0.5, 0.6) is 0 Å². The number of carbonyl (C=O) groups is 1. The Balaban J connectivity index is 2.39. The lowest BCUT2D eigenvalue weighted by molar-refractivity contribution is -0.136. The van der Waals surface area contributed by atoms with Crippen molar-refractivity contribution < 1.29 is 28.3 Å². The molecular formula is C16H8Cl2F3NO3. The Morgan fingerprint density at radius 2 is 1.76 bits per heavy atom. The highest BCUT2D eigenvalue weighted by molar-refractivity contribution is 6.36. The molecule has 0 aliphatic heterocycles. The molecule has 3 aromatic rings. The van der Waals surface area contributed by atoms with Gasteiger partial charge in [0.25, 0.3) is 0 Å². The van der Waals surface area contributed by atoms with Gasteiger partial charge < -0.3 is 10.3 Å². The first kappa shape index (κ1) is 17.4. The van der Waals surface area contributed by atoms with Crippen LogP contribution in [0.1, 0.15) is 16.1 Å². The molecule has 0 aliphatic carbocycles. The van der Waals surface area contributed by atoms with Crippen LogP contribution in [-0.4, -0.2) is 21.0 Å². The van der Waals surface area contributed by atoms with Crippen molar-refractivity contribution in [3.05, 3.63) is 57.7 Å². The van der Waals surface area contributed by atoms with Crippen molar-refractivity contribution in [1.82, 2.24) is 4.73 Å². The zero-order valence-electron chi connectivity index (χ0n) is 12.1. The standard InChI is InChI=1S/C16H8Cl2F3NO3/c17-8-1-2-9(12(18)5-8)7-3-11(16(19,20)21)10-6-14(15(23)24)22(25)13(10)4-7/h1-6,25H,(H,23,24). The second-order valence-electron chi connectivity index (χ2n) is 5.23. The number of carboxylic acids is 1. The minimum Gasteiger partial charge on any atom is -0.476 e. The number of rotatable bonds is 2. The van der Waals surface area contributed by atoms with Gasteiger partial charge in [-0.05, 0) is 35.9 Å². The molecule has 1 aromatic heterocycles. The molecule has 0 radical (unpaired) electrons. The quantitative estimate of drug-likeness (QED) is 0.563. The highest BCUT2D eigenvalue weighted by Crippen LogP contribution is 2.40. The summed E-state index contributed by atoms with van der Waals surface area (Å²) >= 11 is 11.8. The van der Waals surface area contributed by atoms with Gasteiger partial charge in [0.15, 0.2) is 5.69 Å². The molecule has 2 aromatic carbocycles. The third-order valence-electron chi connectivity index (χ3n) is 3.66. The van der Waals surface area contributed by atoms with E-state index in [0.29, 0.717) is 5.02 Å². The number of halogens is 5. The Morgan fingerprint density at radius 1 is 1.08 bits per heavy atom. The van der Waals surface area contributed by atoms with Crippen LogP contribution in [0.3, 0.4) is 0 Å². The van der Waals surface area contributed by atoms with E-state index in [0.717, 1.165) is 12.1 Å². The fraction of sp³-hybridized carbons (Fsp3) is 0.0625. The molecule has 130 valence electrons. The maximum absolute atomic E-state index is 13.4. The molecule has 4 nitrogen and oxygen atoms in total.